The lowest BCUT2D eigenvalue weighted by Gasteiger charge is -2.34. The maximum atomic E-state index is 10.1. The van der Waals surface area contributed by atoms with E-state index < -0.39 is 0 Å². The van der Waals surface area contributed by atoms with Crippen molar-refractivity contribution < 1.29 is 5.11 Å². The fourth-order valence-electron chi connectivity index (χ4n) is 2.53. The lowest BCUT2D eigenvalue weighted by Crippen LogP contribution is -2.27. The lowest BCUT2D eigenvalue weighted by atomic mass is 9.74. The highest BCUT2D eigenvalue weighted by Gasteiger charge is 2.30. The number of aliphatic hydroxyl groups is 1. The molecule has 0 saturated heterocycles. The van der Waals surface area contributed by atoms with E-state index >= 15 is 0 Å². The van der Waals surface area contributed by atoms with E-state index in [1.165, 1.54) is 5.56 Å². The molecule has 0 fully saturated rings. The summed E-state index contributed by atoms with van der Waals surface area (Å²) >= 11 is 0. The van der Waals surface area contributed by atoms with Gasteiger partial charge in [0.05, 0.1) is 6.10 Å². The standard InChI is InChI=1S/C13H18O/c1-3-10-8-11-6-4-5-7-12(11)13(14)9(10)2/h4-7,9-10,13-14H,3,8H2,1-2H3. The molecule has 14 heavy (non-hydrogen) atoms. The molecular weight excluding hydrogens is 172 g/mol. The molecule has 0 aromatic heterocycles. The second-order valence-corrected chi connectivity index (χ2v) is 4.38. The lowest BCUT2D eigenvalue weighted by molar-refractivity contribution is 0.0685. The molecule has 0 aliphatic heterocycles. The molecule has 2 rings (SSSR count). The van der Waals surface area contributed by atoms with Crippen LogP contribution in [0.4, 0.5) is 0 Å². The number of hydrogen-bond acceptors (Lipinski definition) is 1. The zero-order valence-corrected chi connectivity index (χ0v) is 8.90. The second-order valence-electron chi connectivity index (χ2n) is 4.38. The number of benzene rings is 1. The van der Waals surface area contributed by atoms with Crippen LogP contribution in [0.25, 0.3) is 0 Å². The first-order chi connectivity index (χ1) is 6.74. The van der Waals surface area contributed by atoms with Crippen LogP contribution in [0.3, 0.4) is 0 Å². The molecule has 1 N–H and O–H groups in total. The molecule has 0 spiro atoms. The van der Waals surface area contributed by atoms with Crippen molar-refractivity contribution >= 4 is 0 Å². The summed E-state index contributed by atoms with van der Waals surface area (Å²) in [6, 6.07) is 8.28. The third kappa shape index (κ3) is 1.46. The molecule has 1 heteroatoms. The monoisotopic (exact) mass is 190 g/mol. The Morgan fingerprint density at radius 2 is 2.07 bits per heavy atom. The summed E-state index contributed by atoms with van der Waals surface area (Å²) in [6.07, 6.45) is 2.03. The second kappa shape index (κ2) is 3.74. The van der Waals surface area contributed by atoms with E-state index in [2.05, 4.69) is 32.0 Å². The summed E-state index contributed by atoms with van der Waals surface area (Å²) in [7, 11) is 0. The van der Waals surface area contributed by atoms with Gasteiger partial charge >= 0.3 is 0 Å². The van der Waals surface area contributed by atoms with E-state index in [9.17, 15) is 5.11 Å². The van der Waals surface area contributed by atoms with E-state index in [0.717, 1.165) is 18.4 Å². The molecule has 0 radical (unpaired) electrons. The summed E-state index contributed by atoms with van der Waals surface area (Å²) in [5.74, 6) is 1.04. The van der Waals surface area contributed by atoms with Gasteiger partial charge in [0.25, 0.3) is 0 Å². The van der Waals surface area contributed by atoms with Crippen LogP contribution in [0, 0.1) is 11.8 Å². The fourth-order valence-corrected chi connectivity index (χ4v) is 2.53. The van der Waals surface area contributed by atoms with Gasteiger partial charge in [0.15, 0.2) is 0 Å². The van der Waals surface area contributed by atoms with E-state index in [1.807, 2.05) is 6.07 Å². The van der Waals surface area contributed by atoms with Gasteiger partial charge in [-0.1, -0.05) is 44.5 Å². The van der Waals surface area contributed by atoms with Crippen LogP contribution in [-0.2, 0) is 6.42 Å². The van der Waals surface area contributed by atoms with Crippen molar-refractivity contribution in [3.05, 3.63) is 35.4 Å². The first-order valence-corrected chi connectivity index (χ1v) is 5.50. The Morgan fingerprint density at radius 1 is 1.36 bits per heavy atom. The van der Waals surface area contributed by atoms with Gasteiger partial charge in [-0.05, 0) is 29.4 Å². The van der Waals surface area contributed by atoms with Gasteiger partial charge in [0.2, 0.25) is 0 Å². The SMILES string of the molecule is CCC1Cc2ccccc2C(O)C1C. The molecule has 1 aliphatic rings. The number of fused-ring (bicyclic) bond motifs is 1. The summed E-state index contributed by atoms with van der Waals surface area (Å²) < 4.78 is 0. The quantitative estimate of drug-likeness (QED) is 0.722. The molecule has 3 atom stereocenters. The van der Waals surface area contributed by atoms with Crippen molar-refractivity contribution in [1.29, 1.82) is 0 Å². The minimum atomic E-state index is -0.259. The molecule has 0 amide bonds. The van der Waals surface area contributed by atoms with E-state index in [4.69, 9.17) is 0 Å². The Morgan fingerprint density at radius 3 is 2.79 bits per heavy atom. The van der Waals surface area contributed by atoms with Gasteiger partial charge in [0, 0.05) is 0 Å². The first kappa shape index (κ1) is 9.72. The highest BCUT2D eigenvalue weighted by molar-refractivity contribution is 5.32. The highest BCUT2D eigenvalue weighted by atomic mass is 16.3. The predicted octanol–water partition coefficient (Wildman–Crippen LogP) is 2.94. The van der Waals surface area contributed by atoms with Crippen molar-refractivity contribution in [3.63, 3.8) is 0 Å². The average molecular weight is 190 g/mol. The third-order valence-corrected chi connectivity index (χ3v) is 3.62. The summed E-state index contributed by atoms with van der Waals surface area (Å²) in [5.41, 5.74) is 2.48. The predicted molar refractivity (Wildman–Crippen MR) is 58.1 cm³/mol. The molecular formula is C13H18O. The summed E-state index contributed by atoms with van der Waals surface area (Å²) in [6.45, 7) is 4.37. The smallest absolute Gasteiger partial charge is 0.0820 e. The van der Waals surface area contributed by atoms with Gasteiger partial charge in [-0.2, -0.15) is 0 Å². The minimum absolute atomic E-state index is 0.259. The Balaban J connectivity index is 2.37. The topological polar surface area (TPSA) is 20.2 Å². The van der Waals surface area contributed by atoms with Crippen LogP contribution < -0.4 is 0 Å². The van der Waals surface area contributed by atoms with Gasteiger partial charge in [-0.3, -0.25) is 0 Å². The minimum Gasteiger partial charge on any atom is -0.388 e. The zero-order valence-electron chi connectivity index (χ0n) is 8.90. The van der Waals surface area contributed by atoms with Gasteiger partial charge in [0.1, 0.15) is 0 Å². The Bertz CT molecular complexity index is 319. The molecule has 1 nitrogen and oxygen atoms in total. The largest absolute Gasteiger partial charge is 0.388 e. The van der Waals surface area contributed by atoms with Crippen LogP contribution in [0.15, 0.2) is 24.3 Å². The molecule has 0 bridgehead atoms. The van der Waals surface area contributed by atoms with Gasteiger partial charge < -0.3 is 5.11 Å². The molecule has 1 aromatic carbocycles. The van der Waals surface area contributed by atoms with Crippen LogP contribution >= 0.6 is 0 Å². The molecule has 76 valence electrons. The number of aliphatic hydroxyl groups excluding tert-OH is 1. The number of rotatable bonds is 1. The number of hydrogen-bond donors (Lipinski definition) is 1. The molecule has 1 aromatic rings. The van der Waals surface area contributed by atoms with E-state index in [-0.39, 0.29) is 6.10 Å². The molecule has 1 aliphatic carbocycles. The fraction of sp³-hybridized carbons (Fsp3) is 0.538. The maximum absolute atomic E-state index is 10.1. The van der Waals surface area contributed by atoms with Crippen LogP contribution in [0.2, 0.25) is 0 Å². The summed E-state index contributed by atoms with van der Waals surface area (Å²) in [4.78, 5) is 0. The normalized spacial score (nSPS) is 31.2. The molecule has 0 saturated carbocycles. The molecule has 3 unspecified atom stereocenters. The van der Waals surface area contributed by atoms with Crippen molar-refractivity contribution in [3.8, 4) is 0 Å². The molecule has 0 heterocycles. The van der Waals surface area contributed by atoms with E-state index in [1.54, 1.807) is 0 Å². The summed E-state index contributed by atoms with van der Waals surface area (Å²) in [5, 5.41) is 10.1. The van der Waals surface area contributed by atoms with Gasteiger partial charge in [-0.25, -0.2) is 0 Å². The van der Waals surface area contributed by atoms with Crippen molar-refractivity contribution in [2.24, 2.45) is 11.8 Å². The Kier molecular flexibility index (Phi) is 2.60. The zero-order chi connectivity index (χ0) is 10.1. The van der Waals surface area contributed by atoms with Crippen molar-refractivity contribution in [1.82, 2.24) is 0 Å². The Labute approximate surface area is 85.8 Å². The van der Waals surface area contributed by atoms with E-state index in [0.29, 0.717) is 11.8 Å². The third-order valence-electron chi connectivity index (χ3n) is 3.62. The van der Waals surface area contributed by atoms with Gasteiger partial charge in [-0.15, -0.1) is 0 Å². The van der Waals surface area contributed by atoms with Crippen LogP contribution in [0.1, 0.15) is 37.5 Å². The highest BCUT2D eigenvalue weighted by Crippen LogP contribution is 2.38. The van der Waals surface area contributed by atoms with Crippen molar-refractivity contribution in [2.45, 2.75) is 32.8 Å². The maximum Gasteiger partial charge on any atom is 0.0820 e. The first-order valence-electron chi connectivity index (χ1n) is 5.50. The van der Waals surface area contributed by atoms with Crippen LogP contribution in [0.5, 0.6) is 0 Å². The average Bonchev–Trinajstić information content (AvgIpc) is 2.23. The van der Waals surface area contributed by atoms with Crippen molar-refractivity contribution in [2.75, 3.05) is 0 Å². The van der Waals surface area contributed by atoms with Crippen LogP contribution in [-0.4, -0.2) is 5.11 Å². The Hall–Kier alpha value is -0.820.